The lowest BCUT2D eigenvalue weighted by Crippen LogP contribution is -2.41. The maximum Gasteiger partial charge on any atom is 0.490 e. The van der Waals surface area contributed by atoms with E-state index in [2.05, 4.69) is 4.99 Å². The molecule has 10 heteroatoms. The number of likely N-dealkylation sites (N-methyl/N-ethyl adjacent to an activating group) is 1. The van der Waals surface area contributed by atoms with Gasteiger partial charge in [0.2, 0.25) is 0 Å². The van der Waals surface area contributed by atoms with Crippen molar-refractivity contribution in [3.8, 4) is 16.9 Å². The number of ether oxygens (including phenoxy) is 1. The van der Waals surface area contributed by atoms with Gasteiger partial charge in [-0.05, 0) is 47.4 Å². The lowest BCUT2D eigenvalue weighted by Gasteiger charge is -2.27. The molecule has 1 aliphatic rings. The summed E-state index contributed by atoms with van der Waals surface area (Å²) in [6.07, 6.45) is -5.08. The molecule has 4 rings (SSSR count). The number of hydrogen-bond acceptors (Lipinski definition) is 5. The van der Waals surface area contributed by atoms with Crippen molar-refractivity contribution in [3.63, 3.8) is 0 Å². The molecule has 3 aromatic rings. The van der Waals surface area contributed by atoms with Crippen molar-refractivity contribution in [1.29, 1.82) is 0 Å². The summed E-state index contributed by atoms with van der Waals surface area (Å²) in [4.78, 5) is 28.4. The van der Waals surface area contributed by atoms with Crippen molar-refractivity contribution in [2.45, 2.75) is 18.6 Å². The zero-order valence-electron chi connectivity index (χ0n) is 19.7. The number of nitrogens with two attached hydrogens (primary N) is 1. The Morgan fingerprint density at radius 3 is 2.03 bits per heavy atom. The molecule has 3 aromatic carbocycles. The summed E-state index contributed by atoms with van der Waals surface area (Å²) < 4.78 is 37.1. The van der Waals surface area contributed by atoms with Crippen molar-refractivity contribution in [3.05, 3.63) is 89.5 Å². The molecule has 0 spiro atoms. The number of amides is 1. The fourth-order valence-electron chi connectivity index (χ4n) is 3.78. The number of aliphatic imine (C=N–C) groups is 1. The van der Waals surface area contributed by atoms with Gasteiger partial charge in [-0.25, -0.2) is 9.79 Å². The minimum atomic E-state index is -5.08. The molecule has 36 heavy (non-hydrogen) atoms. The van der Waals surface area contributed by atoms with E-state index in [4.69, 9.17) is 20.4 Å². The highest BCUT2D eigenvalue weighted by Crippen LogP contribution is 2.41. The fourth-order valence-corrected chi connectivity index (χ4v) is 3.78. The third-order valence-electron chi connectivity index (χ3n) is 5.60. The molecule has 3 N–H and O–H groups in total. The Morgan fingerprint density at radius 1 is 1.00 bits per heavy atom. The molecule has 1 aliphatic heterocycles. The van der Waals surface area contributed by atoms with Crippen LogP contribution in [0, 0.1) is 6.92 Å². The molecule has 7 nitrogen and oxygen atoms in total. The van der Waals surface area contributed by atoms with Gasteiger partial charge in [-0.2, -0.15) is 13.2 Å². The number of nitrogens with zero attached hydrogens (tertiary/aromatic N) is 2. The van der Waals surface area contributed by atoms with Crippen molar-refractivity contribution in [1.82, 2.24) is 4.90 Å². The van der Waals surface area contributed by atoms with Crippen LogP contribution in [0.5, 0.6) is 5.75 Å². The van der Waals surface area contributed by atoms with Crippen molar-refractivity contribution >= 4 is 17.8 Å². The summed E-state index contributed by atoms with van der Waals surface area (Å²) in [6.45, 7) is 2.00. The van der Waals surface area contributed by atoms with Crippen LogP contribution in [0.4, 0.5) is 13.2 Å². The van der Waals surface area contributed by atoms with E-state index in [9.17, 15) is 18.0 Å². The number of halogens is 3. The van der Waals surface area contributed by atoms with Crippen LogP contribution in [0.1, 0.15) is 16.7 Å². The molecule has 0 saturated heterocycles. The standard InChI is InChI=1S/C24H23N3O2.C2HF3O2/c1-16-7-4-10-19(13-16)24(22(28)27(2)23(25)26-24)20-11-5-8-17(14-20)18-9-6-12-21(15-18)29-3;3-2(4,5)1(6)7/h4-15H,1-3H3,(H2,25,26);(H,6,7). The summed E-state index contributed by atoms with van der Waals surface area (Å²) in [5, 5.41) is 7.12. The number of carbonyl (C=O) groups excluding carboxylic acids is 1. The molecule has 0 aliphatic carbocycles. The van der Waals surface area contributed by atoms with Crippen molar-refractivity contribution in [2.75, 3.05) is 14.2 Å². The Hall–Kier alpha value is -4.34. The van der Waals surface area contributed by atoms with E-state index in [1.807, 2.05) is 79.7 Å². The molecule has 0 fully saturated rings. The molecule has 0 bridgehead atoms. The first kappa shape index (κ1) is 26.3. The Labute approximate surface area is 205 Å². The lowest BCUT2D eigenvalue weighted by molar-refractivity contribution is -0.192. The average molecular weight is 499 g/mol. The second-order valence-electron chi connectivity index (χ2n) is 8.03. The Morgan fingerprint density at radius 2 is 1.53 bits per heavy atom. The molecular weight excluding hydrogens is 475 g/mol. The Balaban J connectivity index is 0.000000454. The van der Waals surface area contributed by atoms with Crippen molar-refractivity contribution < 1.29 is 32.6 Å². The fraction of sp³-hybridized carbons (Fsp3) is 0.192. The van der Waals surface area contributed by atoms with Crippen LogP contribution in [0.25, 0.3) is 11.1 Å². The first-order valence-corrected chi connectivity index (χ1v) is 10.7. The van der Waals surface area contributed by atoms with Gasteiger partial charge in [0.1, 0.15) is 5.75 Å². The van der Waals surface area contributed by atoms with E-state index >= 15 is 0 Å². The lowest BCUT2D eigenvalue weighted by atomic mass is 9.81. The highest BCUT2D eigenvalue weighted by Gasteiger charge is 2.49. The number of methoxy groups -OCH3 is 1. The smallest absolute Gasteiger partial charge is 0.490 e. The molecular formula is C26H24F3N3O4. The number of aliphatic carboxylic acids is 1. The predicted octanol–water partition coefficient (Wildman–Crippen LogP) is 4.33. The molecule has 0 aromatic heterocycles. The maximum absolute atomic E-state index is 13.4. The second-order valence-corrected chi connectivity index (χ2v) is 8.03. The van der Waals surface area contributed by atoms with Crippen LogP contribution in [0.2, 0.25) is 0 Å². The van der Waals surface area contributed by atoms with E-state index in [1.165, 1.54) is 4.90 Å². The van der Waals surface area contributed by atoms with Gasteiger partial charge >= 0.3 is 12.1 Å². The van der Waals surface area contributed by atoms with E-state index in [1.54, 1.807) is 14.2 Å². The van der Waals surface area contributed by atoms with Crippen LogP contribution >= 0.6 is 0 Å². The monoisotopic (exact) mass is 499 g/mol. The first-order chi connectivity index (χ1) is 16.9. The quantitative estimate of drug-likeness (QED) is 0.556. The number of carboxylic acids is 1. The molecule has 1 amide bonds. The molecule has 0 saturated carbocycles. The Kier molecular flexibility index (Phi) is 7.37. The van der Waals surface area contributed by atoms with Gasteiger partial charge in [-0.3, -0.25) is 9.69 Å². The van der Waals surface area contributed by atoms with E-state index in [0.29, 0.717) is 0 Å². The van der Waals surface area contributed by atoms with Crippen LogP contribution in [-0.4, -0.2) is 48.2 Å². The minimum absolute atomic E-state index is 0.164. The van der Waals surface area contributed by atoms with Gasteiger partial charge in [0.25, 0.3) is 5.91 Å². The van der Waals surface area contributed by atoms with E-state index < -0.39 is 17.7 Å². The SMILES string of the molecule is COc1cccc(-c2cccc(C3(c4cccc(C)c4)N=C(N)N(C)C3=O)c2)c1.O=C(O)C(F)(F)F. The van der Waals surface area contributed by atoms with Gasteiger partial charge < -0.3 is 15.6 Å². The zero-order valence-corrected chi connectivity index (χ0v) is 19.7. The largest absolute Gasteiger partial charge is 0.497 e. The third kappa shape index (κ3) is 5.17. The number of rotatable bonds is 4. The van der Waals surface area contributed by atoms with Crippen molar-refractivity contribution in [2.24, 2.45) is 10.7 Å². The van der Waals surface area contributed by atoms with Crippen LogP contribution < -0.4 is 10.5 Å². The molecule has 188 valence electrons. The zero-order chi connectivity index (χ0) is 26.7. The Bertz CT molecular complexity index is 1320. The van der Waals surface area contributed by atoms with E-state index in [0.717, 1.165) is 33.6 Å². The van der Waals surface area contributed by atoms with Gasteiger partial charge in [-0.15, -0.1) is 0 Å². The van der Waals surface area contributed by atoms with Crippen LogP contribution in [0.15, 0.2) is 77.8 Å². The average Bonchev–Trinajstić information content (AvgIpc) is 3.08. The van der Waals surface area contributed by atoms with Crippen LogP contribution in [0.3, 0.4) is 0 Å². The normalized spacial score (nSPS) is 17.2. The van der Waals surface area contributed by atoms with E-state index in [-0.39, 0.29) is 11.9 Å². The number of benzene rings is 3. The van der Waals surface area contributed by atoms with Gasteiger partial charge in [0.05, 0.1) is 7.11 Å². The maximum atomic E-state index is 13.4. The summed E-state index contributed by atoms with van der Waals surface area (Å²) in [7, 11) is 3.30. The summed E-state index contributed by atoms with van der Waals surface area (Å²) in [5.41, 5.74) is 9.50. The summed E-state index contributed by atoms with van der Waals surface area (Å²) in [6, 6.07) is 23.6. The number of alkyl halides is 3. The molecule has 1 heterocycles. The third-order valence-corrected chi connectivity index (χ3v) is 5.60. The minimum Gasteiger partial charge on any atom is -0.497 e. The topological polar surface area (TPSA) is 105 Å². The number of hydrogen-bond donors (Lipinski definition) is 2. The summed E-state index contributed by atoms with van der Waals surface area (Å²) in [5.74, 6) is -1.93. The highest BCUT2D eigenvalue weighted by molar-refractivity contribution is 6.09. The molecule has 0 radical (unpaired) electrons. The summed E-state index contributed by atoms with van der Waals surface area (Å²) >= 11 is 0. The van der Waals surface area contributed by atoms with Gasteiger partial charge in [-0.1, -0.05) is 60.2 Å². The molecule has 1 unspecified atom stereocenters. The predicted molar refractivity (Wildman–Crippen MR) is 128 cm³/mol. The van der Waals surface area contributed by atoms with Gasteiger partial charge in [0.15, 0.2) is 11.5 Å². The van der Waals surface area contributed by atoms with Gasteiger partial charge in [0, 0.05) is 7.05 Å². The number of guanidine groups is 1. The number of carbonyl (C=O) groups is 2. The second kappa shape index (κ2) is 10.1. The number of aryl methyl sites for hydroxylation is 1. The highest BCUT2D eigenvalue weighted by atomic mass is 19.4. The first-order valence-electron chi connectivity index (χ1n) is 10.7. The molecule has 1 atom stereocenters. The van der Waals surface area contributed by atoms with Crippen LogP contribution in [-0.2, 0) is 15.1 Å². The number of carboxylic acid groups (broad SMARTS) is 1.